The number of halogens is 10. The van der Waals surface area contributed by atoms with E-state index in [1.54, 1.807) is 0 Å². The zero-order chi connectivity index (χ0) is 25.4. The van der Waals surface area contributed by atoms with Crippen LogP contribution in [0.1, 0.15) is 12.5 Å². The van der Waals surface area contributed by atoms with Crippen LogP contribution in [0.25, 0.3) is 5.69 Å². The molecule has 2 aromatic rings. The van der Waals surface area contributed by atoms with Gasteiger partial charge in [0.25, 0.3) is 6.17 Å². The quantitative estimate of drug-likeness (QED) is 0.376. The van der Waals surface area contributed by atoms with Crippen LogP contribution in [0.5, 0.6) is 5.88 Å². The number of thioether (sulfide) groups is 1. The summed E-state index contributed by atoms with van der Waals surface area (Å²) >= 11 is 0.269. The van der Waals surface area contributed by atoms with Gasteiger partial charge < -0.3 is 10.1 Å². The summed E-state index contributed by atoms with van der Waals surface area (Å²) in [4.78, 5) is 11.3. The smallest absolute Gasteiger partial charge is 0.410 e. The maximum Gasteiger partial charge on any atom is 0.440 e. The first kappa shape index (κ1) is 26.6. The second-order valence-electron chi connectivity index (χ2n) is 6.50. The molecule has 1 atom stereocenters. The number of hydrogen-bond acceptors (Lipinski definition) is 4. The first-order chi connectivity index (χ1) is 14.9. The van der Waals surface area contributed by atoms with Crippen molar-refractivity contribution in [3.05, 3.63) is 29.6 Å². The minimum absolute atomic E-state index is 0.0761. The SMILES string of the molecule is CC(=O)Nc1cc(OC(F)(F)C(F)C(F)(F)F)nn1-c1cc(SCC(F)(F)F)c(C)cc1F. The van der Waals surface area contributed by atoms with Gasteiger partial charge in [-0.15, -0.1) is 16.9 Å². The Hall–Kier alpha value is -2.65. The minimum Gasteiger partial charge on any atom is -0.410 e. The number of ether oxygens (including phenoxy) is 1. The summed E-state index contributed by atoms with van der Waals surface area (Å²) in [5, 5.41) is 5.34. The lowest BCUT2D eigenvalue weighted by Crippen LogP contribution is -2.45. The second-order valence-corrected chi connectivity index (χ2v) is 7.52. The second kappa shape index (κ2) is 9.30. The molecule has 1 aromatic heterocycles. The van der Waals surface area contributed by atoms with Crippen LogP contribution in [0.4, 0.5) is 49.7 Å². The van der Waals surface area contributed by atoms with Crippen LogP contribution in [0.15, 0.2) is 23.1 Å². The normalized spacial score (nSPS) is 13.7. The van der Waals surface area contributed by atoms with Crippen molar-refractivity contribution in [3.8, 4) is 11.6 Å². The van der Waals surface area contributed by atoms with Crippen molar-refractivity contribution in [1.82, 2.24) is 9.78 Å². The highest BCUT2D eigenvalue weighted by molar-refractivity contribution is 7.99. The van der Waals surface area contributed by atoms with Crippen LogP contribution in [0.2, 0.25) is 0 Å². The van der Waals surface area contributed by atoms with Gasteiger partial charge in [-0.25, -0.2) is 13.5 Å². The van der Waals surface area contributed by atoms with Gasteiger partial charge in [0, 0.05) is 17.9 Å². The summed E-state index contributed by atoms with van der Waals surface area (Å²) in [6.45, 7) is 2.22. The molecule has 16 heteroatoms. The van der Waals surface area contributed by atoms with Crippen molar-refractivity contribution in [1.29, 1.82) is 0 Å². The number of hydrogen-bond donors (Lipinski definition) is 1. The summed E-state index contributed by atoms with van der Waals surface area (Å²) in [6.07, 6.45) is -20.7. The fourth-order valence-corrected chi connectivity index (χ4v) is 3.16. The molecule has 0 fully saturated rings. The number of alkyl halides is 9. The van der Waals surface area contributed by atoms with Gasteiger partial charge in [0.15, 0.2) is 0 Å². The molecule has 0 radical (unpaired) electrons. The van der Waals surface area contributed by atoms with Gasteiger partial charge in [-0.2, -0.15) is 35.1 Å². The molecule has 0 aliphatic carbocycles. The van der Waals surface area contributed by atoms with Gasteiger partial charge >= 0.3 is 18.5 Å². The molecule has 1 unspecified atom stereocenters. The molecule has 0 spiro atoms. The van der Waals surface area contributed by atoms with E-state index in [0.29, 0.717) is 10.7 Å². The Morgan fingerprint density at radius 3 is 2.27 bits per heavy atom. The number of amides is 1. The average Bonchev–Trinajstić information content (AvgIpc) is 2.99. The number of carbonyl (C=O) groups excluding carboxylic acids is 1. The van der Waals surface area contributed by atoms with Crippen LogP contribution in [-0.4, -0.2) is 46.1 Å². The maximum atomic E-state index is 14.5. The van der Waals surface area contributed by atoms with Gasteiger partial charge in [-0.05, 0) is 24.6 Å². The zero-order valence-corrected chi connectivity index (χ0v) is 17.2. The first-order valence-corrected chi connectivity index (χ1v) is 9.54. The molecule has 1 amide bonds. The van der Waals surface area contributed by atoms with Crippen LogP contribution in [-0.2, 0) is 4.79 Å². The topological polar surface area (TPSA) is 56.1 Å². The van der Waals surface area contributed by atoms with Crippen molar-refractivity contribution < 1.29 is 53.4 Å². The molecule has 0 saturated carbocycles. The molecule has 0 bridgehead atoms. The van der Waals surface area contributed by atoms with E-state index in [2.05, 4.69) is 9.84 Å². The van der Waals surface area contributed by atoms with E-state index in [-0.39, 0.29) is 22.2 Å². The predicted octanol–water partition coefficient (Wildman–Crippen LogP) is 5.80. The lowest BCUT2D eigenvalue weighted by Gasteiger charge is -2.21. The fraction of sp³-hybridized carbons (Fsp3) is 0.412. The van der Waals surface area contributed by atoms with E-state index in [4.69, 9.17) is 0 Å². The third-order valence-corrected chi connectivity index (χ3v) is 4.90. The number of aromatic nitrogens is 2. The summed E-state index contributed by atoms with van der Waals surface area (Å²) in [6, 6.07) is 2.11. The molecular formula is C17H13F10N3O2S. The first-order valence-electron chi connectivity index (χ1n) is 8.56. The Bertz CT molecular complexity index is 1020. The lowest BCUT2D eigenvalue weighted by atomic mass is 10.2. The largest absolute Gasteiger partial charge is 0.440 e. The molecule has 1 N–H and O–H groups in total. The summed E-state index contributed by atoms with van der Waals surface area (Å²) in [5.74, 6) is -5.26. The fourth-order valence-electron chi connectivity index (χ4n) is 2.36. The van der Waals surface area contributed by atoms with Crippen LogP contribution >= 0.6 is 11.8 Å². The standard InChI is InChI=1S/C17H13F10N3O2S/c1-7-3-9(18)10(4-11(7)33-6-15(20,21)22)30-12(28-8(2)31)5-13(29-30)32-17(26,27)14(19)16(23,24)25/h3-5,14H,6H2,1-2H3,(H,28,31). The molecule has 184 valence electrons. The van der Waals surface area contributed by atoms with E-state index >= 15 is 0 Å². The molecule has 2 rings (SSSR count). The number of rotatable bonds is 7. The number of carbonyl (C=O) groups is 1. The van der Waals surface area contributed by atoms with Crippen molar-refractivity contribution in [3.63, 3.8) is 0 Å². The summed E-state index contributed by atoms with van der Waals surface area (Å²) < 4.78 is 133. The highest BCUT2D eigenvalue weighted by Gasteiger charge is 2.59. The Balaban J connectivity index is 2.51. The lowest BCUT2D eigenvalue weighted by molar-refractivity contribution is -0.305. The van der Waals surface area contributed by atoms with Crippen molar-refractivity contribution in [2.45, 2.75) is 43.4 Å². The van der Waals surface area contributed by atoms with Gasteiger partial charge in [-0.1, -0.05) is 0 Å². The number of nitrogens with one attached hydrogen (secondary N) is 1. The van der Waals surface area contributed by atoms with Crippen molar-refractivity contribution in [2.75, 3.05) is 11.1 Å². The number of aryl methyl sites for hydroxylation is 1. The third kappa shape index (κ3) is 6.91. The molecule has 0 aliphatic rings. The Labute approximate surface area is 183 Å². The van der Waals surface area contributed by atoms with Crippen LogP contribution in [0.3, 0.4) is 0 Å². The number of benzene rings is 1. The molecule has 0 saturated heterocycles. The Morgan fingerprint density at radius 1 is 1.15 bits per heavy atom. The Kier molecular flexibility index (Phi) is 7.50. The summed E-state index contributed by atoms with van der Waals surface area (Å²) in [5.41, 5.74) is -0.577. The van der Waals surface area contributed by atoms with Gasteiger partial charge in [-0.3, -0.25) is 4.79 Å². The van der Waals surface area contributed by atoms with E-state index in [1.807, 2.05) is 5.32 Å². The van der Waals surface area contributed by atoms with Gasteiger partial charge in [0.1, 0.15) is 17.3 Å². The maximum absolute atomic E-state index is 14.5. The van der Waals surface area contributed by atoms with E-state index in [0.717, 1.165) is 19.1 Å². The van der Waals surface area contributed by atoms with E-state index < -0.39 is 59.5 Å². The molecule has 5 nitrogen and oxygen atoms in total. The Morgan fingerprint density at radius 2 is 1.76 bits per heavy atom. The van der Waals surface area contributed by atoms with Crippen molar-refractivity contribution in [2.24, 2.45) is 0 Å². The van der Waals surface area contributed by atoms with Gasteiger partial charge in [0.2, 0.25) is 11.8 Å². The molecule has 33 heavy (non-hydrogen) atoms. The molecular weight excluding hydrogens is 500 g/mol. The van der Waals surface area contributed by atoms with Crippen molar-refractivity contribution >= 4 is 23.5 Å². The zero-order valence-electron chi connectivity index (χ0n) is 16.4. The minimum atomic E-state index is -5.99. The third-order valence-electron chi connectivity index (χ3n) is 3.68. The highest BCUT2D eigenvalue weighted by Crippen LogP contribution is 2.38. The molecule has 0 aliphatic heterocycles. The monoisotopic (exact) mass is 513 g/mol. The molecule has 1 aromatic carbocycles. The highest BCUT2D eigenvalue weighted by atomic mass is 32.2. The average molecular weight is 513 g/mol. The molecule has 1 heterocycles. The van der Waals surface area contributed by atoms with E-state index in [9.17, 15) is 48.7 Å². The van der Waals surface area contributed by atoms with Crippen LogP contribution in [0, 0.1) is 12.7 Å². The van der Waals surface area contributed by atoms with Crippen LogP contribution < -0.4 is 10.1 Å². The van der Waals surface area contributed by atoms with Gasteiger partial charge in [0.05, 0.1) is 5.75 Å². The predicted molar refractivity (Wildman–Crippen MR) is 95.9 cm³/mol. The number of anilines is 1. The summed E-state index contributed by atoms with van der Waals surface area (Å²) in [7, 11) is 0. The number of nitrogens with zero attached hydrogens (tertiary/aromatic N) is 2. The van der Waals surface area contributed by atoms with E-state index in [1.165, 1.54) is 6.92 Å².